The number of rotatable bonds is 3. The highest BCUT2D eigenvalue weighted by atomic mass is 28.3. The Morgan fingerprint density at radius 1 is 1.27 bits per heavy atom. The zero-order valence-corrected chi connectivity index (χ0v) is 10.7. The number of allylic oxidation sites excluding steroid dienone is 1. The lowest BCUT2D eigenvalue weighted by molar-refractivity contribution is 1.45. The van der Waals surface area contributed by atoms with Crippen molar-refractivity contribution in [2.24, 2.45) is 0 Å². The van der Waals surface area contributed by atoms with Crippen molar-refractivity contribution < 1.29 is 0 Å². The van der Waals surface area contributed by atoms with Crippen LogP contribution in [0.15, 0.2) is 30.8 Å². The molecule has 0 aliphatic rings. The summed E-state index contributed by atoms with van der Waals surface area (Å²) in [6, 6.07) is 10.9. The van der Waals surface area contributed by atoms with Crippen LogP contribution in [0.3, 0.4) is 0 Å². The number of nitriles is 1. The maximum Gasteiger partial charge on any atom is 0.0991 e. The summed E-state index contributed by atoms with van der Waals surface area (Å²) >= 11 is 0. The average Bonchev–Trinajstić information content (AvgIpc) is 2.15. The molecule has 1 aromatic carbocycles. The van der Waals surface area contributed by atoms with E-state index in [1.807, 2.05) is 24.3 Å². The molecular weight excluding hydrogens is 198 g/mol. The van der Waals surface area contributed by atoms with Gasteiger partial charge >= 0.3 is 0 Å². The lowest BCUT2D eigenvalue weighted by Crippen LogP contribution is -2.19. The highest BCUT2D eigenvalue weighted by Crippen LogP contribution is 2.23. The van der Waals surface area contributed by atoms with Crippen LogP contribution in [0.5, 0.6) is 0 Å². The van der Waals surface area contributed by atoms with Gasteiger partial charge < -0.3 is 0 Å². The Labute approximate surface area is 93.1 Å². The predicted molar refractivity (Wildman–Crippen MR) is 68.3 cm³/mol. The Morgan fingerprint density at radius 2 is 1.80 bits per heavy atom. The molecule has 0 fully saturated rings. The van der Waals surface area contributed by atoms with Gasteiger partial charge in [-0.1, -0.05) is 43.9 Å². The first-order valence-electron chi connectivity index (χ1n) is 5.11. The van der Waals surface area contributed by atoms with Crippen LogP contribution in [0.1, 0.15) is 11.1 Å². The fraction of sp³-hybridized carbons (Fsp3) is 0.308. The van der Waals surface area contributed by atoms with E-state index >= 15 is 0 Å². The van der Waals surface area contributed by atoms with Crippen molar-refractivity contribution in [3.05, 3.63) is 42.0 Å². The molecule has 15 heavy (non-hydrogen) atoms. The first-order valence-corrected chi connectivity index (χ1v) is 8.81. The second kappa shape index (κ2) is 4.46. The molecule has 0 atom stereocenters. The van der Waals surface area contributed by atoms with Gasteiger partial charge in [0, 0.05) is 8.07 Å². The molecule has 0 amide bonds. The molecule has 0 heterocycles. The van der Waals surface area contributed by atoms with Crippen molar-refractivity contribution in [2.45, 2.75) is 25.7 Å². The first kappa shape index (κ1) is 11.7. The normalized spacial score (nSPS) is 10.8. The molecule has 78 valence electrons. The molecular formula is C13H17NSi. The van der Waals surface area contributed by atoms with Crippen LogP contribution in [-0.4, -0.2) is 8.07 Å². The molecule has 0 radical (unpaired) electrons. The topological polar surface area (TPSA) is 23.8 Å². The summed E-state index contributed by atoms with van der Waals surface area (Å²) in [6.45, 7) is 11.1. The van der Waals surface area contributed by atoms with Crippen molar-refractivity contribution in [2.75, 3.05) is 0 Å². The van der Waals surface area contributed by atoms with E-state index in [1.54, 1.807) is 0 Å². The smallest absolute Gasteiger partial charge is 0.0991 e. The second-order valence-electron chi connectivity index (χ2n) is 5.03. The summed E-state index contributed by atoms with van der Waals surface area (Å²) in [5.74, 6) is 0. The van der Waals surface area contributed by atoms with E-state index in [4.69, 9.17) is 5.26 Å². The largest absolute Gasteiger partial charge is 0.192 e. The molecule has 0 unspecified atom stereocenters. The summed E-state index contributed by atoms with van der Waals surface area (Å²) in [7, 11) is -1.09. The van der Waals surface area contributed by atoms with Crippen LogP contribution in [0.4, 0.5) is 0 Å². The van der Waals surface area contributed by atoms with E-state index in [0.717, 1.165) is 11.6 Å². The molecule has 0 aliphatic carbocycles. The fourth-order valence-corrected chi connectivity index (χ4v) is 3.01. The quantitative estimate of drug-likeness (QED) is 0.701. The van der Waals surface area contributed by atoms with Crippen molar-refractivity contribution in [3.8, 4) is 6.07 Å². The van der Waals surface area contributed by atoms with Gasteiger partial charge in [-0.15, -0.1) is 0 Å². The van der Waals surface area contributed by atoms with Crippen LogP contribution in [0, 0.1) is 11.3 Å². The van der Waals surface area contributed by atoms with E-state index in [0.29, 0.717) is 5.56 Å². The third-order valence-electron chi connectivity index (χ3n) is 2.17. The van der Waals surface area contributed by atoms with Gasteiger partial charge in [0.2, 0.25) is 0 Å². The van der Waals surface area contributed by atoms with Gasteiger partial charge in [-0.05, 0) is 23.7 Å². The number of hydrogen-bond donors (Lipinski definition) is 0. The van der Waals surface area contributed by atoms with Crippen molar-refractivity contribution in [3.63, 3.8) is 0 Å². The number of hydrogen-bond acceptors (Lipinski definition) is 1. The predicted octanol–water partition coefficient (Wildman–Crippen LogP) is 3.91. The van der Waals surface area contributed by atoms with Gasteiger partial charge in [0.25, 0.3) is 0 Å². The molecule has 0 aromatic heterocycles. The zero-order valence-electron chi connectivity index (χ0n) is 9.67. The van der Waals surface area contributed by atoms with E-state index in [9.17, 15) is 0 Å². The van der Waals surface area contributed by atoms with Crippen molar-refractivity contribution in [1.82, 2.24) is 0 Å². The molecule has 0 bridgehead atoms. The van der Waals surface area contributed by atoms with Crippen LogP contribution >= 0.6 is 0 Å². The minimum absolute atomic E-state index is 0.708. The molecule has 0 aliphatic heterocycles. The Hall–Kier alpha value is -1.33. The monoisotopic (exact) mass is 215 g/mol. The molecule has 1 aromatic rings. The molecule has 0 saturated heterocycles. The van der Waals surface area contributed by atoms with E-state index in [-0.39, 0.29) is 0 Å². The molecule has 0 saturated carbocycles. The van der Waals surface area contributed by atoms with Crippen LogP contribution in [0.25, 0.3) is 5.57 Å². The molecule has 1 rings (SSSR count). The molecule has 2 heteroatoms. The molecule has 0 N–H and O–H groups in total. The maximum absolute atomic E-state index is 8.69. The Balaban J connectivity index is 2.80. The maximum atomic E-state index is 8.69. The minimum Gasteiger partial charge on any atom is -0.192 e. The van der Waals surface area contributed by atoms with Gasteiger partial charge in [0.15, 0.2) is 0 Å². The lowest BCUT2D eigenvalue weighted by Gasteiger charge is -2.17. The van der Waals surface area contributed by atoms with Crippen LogP contribution in [-0.2, 0) is 0 Å². The summed E-state index contributed by atoms with van der Waals surface area (Å²) < 4.78 is 0. The van der Waals surface area contributed by atoms with E-state index in [2.05, 4.69) is 32.3 Å². The third-order valence-corrected chi connectivity index (χ3v) is 3.65. The second-order valence-corrected chi connectivity index (χ2v) is 10.5. The molecule has 0 spiro atoms. The van der Waals surface area contributed by atoms with E-state index in [1.165, 1.54) is 5.57 Å². The fourth-order valence-electron chi connectivity index (χ4n) is 1.52. The van der Waals surface area contributed by atoms with Gasteiger partial charge in [-0.25, -0.2) is 0 Å². The number of benzene rings is 1. The summed E-state index contributed by atoms with van der Waals surface area (Å²) in [4.78, 5) is 0. The summed E-state index contributed by atoms with van der Waals surface area (Å²) in [5.41, 5.74) is 3.06. The standard InChI is InChI=1S/C13H17NSi/c1-11(10-15(2,3)4)13-7-5-12(9-14)6-8-13/h5-8H,1,10H2,2-4H3. The highest BCUT2D eigenvalue weighted by Gasteiger charge is 2.15. The van der Waals surface area contributed by atoms with Crippen LogP contribution in [0.2, 0.25) is 25.7 Å². The van der Waals surface area contributed by atoms with Crippen molar-refractivity contribution in [1.29, 1.82) is 5.26 Å². The molecule has 1 nitrogen and oxygen atoms in total. The third kappa shape index (κ3) is 3.73. The average molecular weight is 215 g/mol. The summed E-state index contributed by atoms with van der Waals surface area (Å²) in [6.07, 6.45) is 0. The minimum atomic E-state index is -1.09. The number of nitrogens with zero attached hydrogens (tertiary/aromatic N) is 1. The van der Waals surface area contributed by atoms with E-state index < -0.39 is 8.07 Å². The van der Waals surface area contributed by atoms with Crippen molar-refractivity contribution >= 4 is 13.6 Å². The van der Waals surface area contributed by atoms with Gasteiger partial charge in [0.1, 0.15) is 0 Å². The van der Waals surface area contributed by atoms with Crippen LogP contribution < -0.4 is 0 Å². The van der Waals surface area contributed by atoms with Gasteiger partial charge in [-0.2, -0.15) is 5.26 Å². The highest BCUT2D eigenvalue weighted by molar-refractivity contribution is 6.77. The zero-order chi connectivity index (χ0) is 11.5. The van der Waals surface area contributed by atoms with Gasteiger partial charge in [0.05, 0.1) is 11.6 Å². The van der Waals surface area contributed by atoms with Gasteiger partial charge in [-0.3, -0.25) is 0 Å². The Bertz CT molecular complexity index is 390. The first-order chi connectivity index (χ1) is 6.92. The lowest BCUT2D eigenvalue weighted by atomic mass is 10.1. The Morgan fingerprint density at radius 3 is 2.20 bits per heavy atom. The Kier molecular flexibility index (Phi) is 3.49. The summed E-state index contributed by atoms with van der Waals surface area (Å²) in [5, 5.41) is 8.69. The SMILES string of the molecule is C=C(C[Si](C)(C)C)c1ccc(C#N)cc1.